The van der Waals surface area contributed by atoms with Gasteiger partial charge in [0.05, 0.1) is 35.4 Å². The summed E-state index contributed by atoms with van der Waals surface area (Å²) in [6, 6.07) is -1.11. The summed E-state index contributed by atoms with van der Waals surface area (Å²) in [6.07, 6.45) is -3.87. The largest absolute Gasteiger partial charge is 0.390 e. The number of nitrogens with zero attached hydrogens (tertiary/aromatic N) is 3. The van der Waals surface area contributed by atoms with E-state index in [1.807, 2.05) is 19.0 Å². The minimum absolute atomic E-state index is 0.383. The highest BCUT2D eigenvalue weighted by atomic mass is 79.9. The molecule has 0 radical (unpaired) electrons. The lowest BCUT2D eigenvalue weighted by Crippen LogP contribution is -2.26. The second kappa shape index (κ2) is 6.03. The van der Waals surface area contributed by atoms with Crippen LogP contribution in [0.2, 0.25) is 0 Å². The zero-order valence-electron chi connectivity index (χ0n) is 10.2. The summed E-state index contributed by atoms with van der Waals surface area (Å²) in [5, 5.41) is 4.03. The fourth-order valence-electron chi connectivity index (χ4n) is 1.56. The number of nitrogens with two attached hydrogens (primary N) is 1. The van der Waals surface area contributed by atoms with Gasteiger partial charge < -0.3 is 10.6 Å². The molecule has 8 heteroatoms. The average Bonchev–Trinajstić information content (AvgIpc) is 2.53. The predicted octanol–water partition coefficient (Wildman–Crippen LogP) is 2.16. The third-order valence-electron chi connectivity index (χ3n) is 2.39. The van der Waals surface area contributed by atoms with Gasteiger partial charge in [-0.2, -0.15) is 18.3 Å². The van der Waals surface area contributed by atoms with Crippen molar-refractivity contribution in [2.75, 3.05) is 20.6 Å². The summed E-state index contributed by atoms with van der Waals surface area (Å²) < 4.78 is 39.1. The number of rotatable bonds is 5. The Morgan fingerprint density at radius 3 is 2.61 bits per heavy atom. The second-order valence-electron chi connectivity index (χ2n) is 4.33. The zero-order valence-corrected chi connectivity index (χ0v) is 11.8. The minimum atomic E-state index is -4.28. The highest BCUT2D eigenvalue weighted by Crippen LogP contribution is 2.31. The molecule has 1 unspecified atom stereocenters. The molecule has 0 amide bonds. The van der Waals surface area contributed by atoms with Gasteiger partial charge in [-0.05, 0) is 30.0 Å². The number of halogens is 4. The lowest BCUT2D eigenvalue weighted by molar-refractivity contribution is -0.138. The van der Waals surface area contributed by atoms with Gasteiger partial charge in [-0.1, -0.05) is 0 Å². The molecular formula is C10H16BrF3N4. The first-order valence-corrected chi connectivity index (χ1v) is 6.18. The molecule has 0 bridgehead atoms. The van der Waals surface area contributed by atoms with E-state index in [-0.39, 0.29) is 0 Å². The van der Waals surface area contributed by atoms with Crippen molar-refractivity contribution in [1.29, 1.82) is 0 Å². The summed E-state index contributed by atoms with van der Waals surface area (Å²) in [6.45, 7) is 1.18. The van der Waals surface area contributed by atoms with E-state index in [0.717, 1.165) is 0 Å². The molecule has 18 heavy (non-hydrogen) atoms. The third kappa shape index (κ3) is 4.58. The van der Waals surface area contributed by atoms with Crippen LogP contribution in [0, 0.1) is 0 Å². The van der Waals surface area contributed by atoms with E-state index in [9.17, 15) is 13.2 Å². The molecule has 104 valence electrons. The van der Waals surface area contributed by atoms with Crippen LogP contribution in [0.4, 0.5) is 13.2 Å². The zero-order chi connectivity index (χ0) is 13.9. The Balaban J connectivity index is 2.83. The predicted molar refractivity (Wildman–Crippen MR) is 66.1 cm³/mol. The Morgan fingerprint density at radius 1 is 1.50 bits per heavy atom. The van der Waals surface area contributed by atoms with Crippen LogP contribution >= 0.6 is 15.9 Å². The van der Waals surface area contributed by atoms with Gasteiger partial charge in [0, 0.05) is 6.54 Å². The Morgan fingerprint density at radius 2 is 2.11 bits per heavy atom. The first-order chi connectivity index (χ1) is 8.20. The molecule has 1 aromatic heterocycles. The molecule has 0 aromatic carbocycles. The van der Waals surface area contributed by atoms with E-state index in [4.69, 9.17) is 5.73 Å². The molecular weight excluding hydrogens is 313 g/mol. The quantitative estimate of drug-likeness (QED) is 0.901. The summed E-state index contributed by atoms with van der Waals surface area (Å²) in [5.74, 6) is 0. The van der Waals surface area contributed by atoms with Gasteiger partial charge in [-0.3, -0.25) is 4.68 Å². The standard InChI is InChI=1S/C10H16BrF3N4/c1-17(2)3-4-18-9(7(11)6-16-18)8(15)5-10(12,13)14/h6,8H,3-5,15H2,1-2H3. The van der Waals surface area contributed by atoms with Crippen LogP contribution in [0.3, 0.4) is 0 Å². The molecule has 0 aliphatic heterocycles. The number of aromatic nitrogens is 2. The van der Waals surface area contributed by atoms with E-state index < -0.39 is 18.6 Å². The first-order valence-electron chi connectivity index (χ1n) is 5.39. The van der Waals surface area contributed by atoms with Crippen molar-refractivity contribution in [2.24, 2.45) is 5.73 Å². The Labute approximate surface area is 112 Å². The van der Waals surface area contributed by atoms with Crippen molar-refractivity contribution in [3.05, 3.63) is 16.4 Å². The van der Waals surface area contributed by atoms with Crippen LogP contribution in [0.15, 0.2) is 10.7 Å². The lowest BCUT2D eigenvalue weighted by atomic mass is 10.1. The van der Waals surface area contributed by atoms with Gasteiger partial charge in [0.25, 0.3) is 0 Å². The fraction of sp³-hybridized carbons (Fsp3) is 0.700. The van der Waals surface area contributed by atoms with E-state index in [1.54, 1.807) is 0 Å². The van der Waals surface area contributed by atoms with E-state index in [0.29, 0.717) is 23.3 Å². The maximum Gasteiger partial charge on any atom is 0.390 e. The van der Waals surface area contributed by atoms with Crippen molar-refractivity contribution >= 4 is 15.9 Å². The summed E-state index contributed by atoms with van der Waals surface area (Å²) in [7, 11) is 3.77. The van der Waals surface area contributed by atoms with Crippen molar-refractivity contribution in [3.63, 3.8) is 0 Å². The van der Waals surface area contributed by atoms with Crippen molar-refractivity contribution in [2.45, 2.75) is 25.2 Å². The first kappa shape index (κ1) is 15.5. The highest BCUT2D eigenvalue weighted by molar-refractivity contribution is 9.10. The number of likely N-dealkylation sites (N-methyl/N-ethyl adjacent to an activating group) is 1. The molecule has 1 rings (SSSR count). The monoisotopic (exact) mass is 328 g/mol. The van der Waals surface area contributed by atoms with Crippen LogP contribution in [-0.4, -0.2) is 41.5 Å². The number of hydrogen-bond acceptors (Lipinski definition) is 3. The van der Waals surface area contributed by atoms with Crippen LogP contribution in [0.1, 0.15) is 18.2 Å². The molecule has 0 saturated heterocycles. The molecule has 0 fully saturated rings. The molecule has 0 saturated carbocycles. The van der Waals surface area contributed by atoms with Crippen LogP contribution in [0.5, 0.6) is 0 Å². The normalized spacial score (nSPS) is 14.2. The maximum atomic E-state index is 12.3. The Bertz CT molecular complexity index is 389. The van der Waals surface area contributed by atoms with E-state index in [1.165, 1.54) is 10.9 Å². The van der Waals surface area contributed by atoms with Gasteiger partial charge in [0.1, 0.15) is 0 Å². The fourth-order valence-corrected chi connectivity index (χ4v) is 2.15. The van der Waals surface area contributed by atoms with Crippen LogP contribution < -0.4 is 5.73 Å². The molecule has 1 atom stereocenters. The highest BCUT2D eigenvalue weighted by Gasteiger charge is 2.33. The van der Waals surface area contributed by atoms with Crippen molar-refractivity contribution in [1.82, 2.24) is 14.7 Å². The van der Waals surface area contributed by atoms with Gasteiger partial charge in [-0.15, -0.1) is 0 Å². The summed E-state index contributed by atoms with van der Waals surface area (Å²) >= 11 is 3.19. The topological polar surface area (TPSA) is 47.1 Å². The average molecular weight is 329 g/mol. The van der Waals surface area contributed by atoms with Crippen LogP contribution in [-0.2, 0) is 6.54 Å². The molecule has 0 aliphatic carbocycles. The molecule has 0 aliphatic rings. The molecule has 1 aromatic rings. The van der Waals surface area contributed by atoms with Gasteiger partial charge >= 0.3 is 6.18 Å². The van der Waals surface area contributed by atoms with Crippen molar-refractivity contribution in [3.8, 4) is 0 Å². The number of alkyl halides is 3. The lowest BCUT2D eigenvalue weighted by Gasteiger charge is -2.18. The van der Waals surface area contributed by atoms with E-state index in [2.05, 4.69) is 21.0 Å². The maximum absolute atomic E-state index is 12.3. The molecule has 0 spiro atoms. The van der Waals surface area contributed by atoms with Gasteiger partial charge in [-0.25, -0.2) is 0 Å². The minimum Gasteiger partial charge on any atom is -0.322 e. The Kier molecular flexibility index (Phi) is 5.18. The smallest absolute Gasteiger partial charge is 0.322 e. The van der Waals surface area contributed by atoms with E-state index >= 15 is 0 Å². The van der Waals surface area contributed by atoms with Crippen molar-refractivity contribution < 1.29 is 13.2 Å². The summed E-state index contributed by atoms with van der Waals surface area (Å²) in [4.78, 5) is 1.93. The molecule has 4 nitrogen and oxygen atoms in total. The SMILES string of the molecule is CN(C)CCn1ncc(Br)c1C(N)CC(F)(F)F. The van der Waals surface area contributed by atoms with Gasteiger partial charge in [0.2, 0.25) is 0 Å². The summed E-state index contributed by atoms with van der Waals surface area (Å²) in [5.41, 5.74) is 5.99. The number of hydrogen-bond donors (Lipinski definition) is 1. The van der Waals surface area contributed by atoms with Crippen LogP contribution in [0.25, 0.3) is 0 Å². The second-order valence-corrected chi connectivity index (χ2v) is 5.18. The molecule has 2 N–H and O–H groups in total. The Hall–Kier alpha value is -0.600. The molecule has 1 heterocycles. The van der Waals surface area contributed by atoms with Gasteiger partial charge in [0.15, 0.2) is 0 Å². The third-order valence-corrected chi connectivity index (χ3v) is 3.01.